The highest BCUT2D eigenvalue weighted by Gasteiger charge is 2.46. The Kier molecular flexibility index (Phi) is 14.0. The van der Waals surface area contributed by atoms with Crippen LogP contribution in [0.4, 0.5) is 9.59 Å². The number of carbonyl (C=O) groups is 6. The number of likely N-dealkylation sites (tertiary alicyclic amines) is 1. The average molecular weight is 720 g/mol. The molecule has 1 aliphatic carbocycles. The molecular weight excluding hydrogens is 662 g/mol. The average Bonchev–Trinajstić information content (AvgIpc) is 3.75. The zero-order valence-electron chi connectivity index (χ0n) is 31.2. The van der Waals surface area contributed by atoms with E-state index in [2.05, 4.69) is 39.7 Å². The fourth-order valence-corrected chi connectivity index (χ4v) is 7.33. The van der Waals surface area contributed by atoms with Crippen molar-refractivity contribution in [2.24, 2.45) is 17.3 Å². The topological polar surface area (TPSA) is 169 Å². The van der Waals surface area contributed by atoms with Gasteiger partial charge in [-0.25, -0.2) is 9.59 Å². The standard InChI is InChI=1S/C39H57N7O6/c1-7-10-16-29(33(47)35(49)40-18-8-2)42-34(48)32-25(9-3)17-21-46(32)36(50)31(28-22-26-14-11-12-15-27(26)23-28)44-37(51)43-30(39(4,5)6)24-45-20-13-19-41-38(45)52/h8-9,11-12,14-15,25,28-32H,2-3,7,10,13,16-24H2,1,4-6H3,(H,40,49)(H,41,52)(H,42,48)(H2,43,44,51)/t25-,29?,30+,31-,32-/m0/s1. The Hall–Kier alpha value is -4.68. The SMILES string of the molecule is C=CCNC(=O)C(=O)C(CCCC)NC(=O)[C@@H]1[C@@H](C=C)CCN1C(=O)[C@@H](NC(=O)N[C@H](CN1CCCNC1=O)C(C)(C)C)C1Cc2ccccc2C1. The van der Waals surface area contributed by atoms with Gasteiger partial charge in [0.1, 0.15) is 12.1 Å². The van der Waals surface area contributed by atoms with Gasteiger partial charge in [-0.2, -0.15) is 0 Å². The number of carbonyl (C=O) groups excluding carboxylic acids is 6. The molecule has 52 heavy (non-hydrogen) atoms. The summed E-state index contributed by atoms with van der Waals surface area (Å²) >= 11 is 0. The molecule has 7 amide bonds. The van der Waals surface area contributed by atoms with Gasteiger partial charge in [0.2, 0.25) is 17.6 Å². The van der Waals surface area contributed by atoms with Crippen molar-refractivity contribution in [2.45, 2.75) is 96.8 Å². The summed E-state index contributed by atoms with van der Waals surface area (Å²) in [6.07, 6.45) is 7.12. The van der Waals surface area contributed by atoms with Gasteiger partial charge in [0.15, 0.2) is 0 Å². The first kappa shape index (κ1) is 40.1. The van der Waals surface area contributed by atoms with Gasteiger partial charge < -0.3 is 36.4 Å². The van der Waals surface area contributed by atoms with Crippen molar-refractivity contribution in [1.82, 2.24) is 36.4 Å². The quantitative estimate of drug-likeness (QED) is 0.130. The van der Waals surface area contributed by atoms with E-state index in [1.54, 1.807) is 11.0 Å². The second-order valence-corrected chi connectivity index (χ2v) is 15.2. The van der Waals surface area contributed by atoms with Crippen LogP contribution in [0.25, 0.3) is 0 Å². The molecule has 0 aromatic heterocycles. The predicted octanol–water partition coefficient (Wildman–Crippen LogP) is 2.85. The molecule has 13 heteroatoms. The summed E-state index contributed by atoms with van der Waals surface area (Å²) in [5, 5.41) is 14.2. The van der Waals surface area contributed by atoms with Gasteiger partial charge >= 0.3 is 12.1 Å². The zero-order valence-corrected chi connectivity index (χ0v) is 31.2. The number of ketones is 1. The van der Waals surface area contributed by atoms with Gasteiger partial charge in [-0.05, 0) is 54.6 Å². The lowest BCUT2D eigenvalue weighted by Gasteiger charge is -2.38. The second-order valence-electron chi connectivity index (χ2n) is 15.2. The van der Waals surface area contributed by atoms with E-state index in [4.69, 9.17) is 0 Å². The number of nitrogens with one attached hydrogen (secondary N) is 5. The van der Waals surface area contributed by atoms with Gasteiger partial charge in [0.25, 0.3) is 5.91 Å². The van der Waals surface area contributed by atoms with Gasteiger partial charge in [0.05, 0.1) is 12.1 Å². The van der Waals surface area contributed by atoms with E-state index in [9.17, 15) is 28.8 Å². The van der Waals surface area contributed by atoms with E-state index in [1.165, 1.54) is 11.0 Å². The number of amides is 7. The Morgan fingerprint density at radius 2 is 1.71 bits per heavy atom. The smallest absolute Gasteiger partial charge is 0.317 e. The third kappa shape index (κ3) is 10.0. The molecular formula is C39H57N7O6. The molecule has 3 aliphatic rings. The summed E-state index contributed by atoms with van der Waals surface area (Å²) in [6, 6.07) is 3.77. The highest BCUT2D eigenvalue weighted by atomic mass is 16.2. The first-order valence-electron chi connectivity index (χ1n) is 18.6. The summed E-state index contributed by atoms with van der Waals surface area (Å²) < 4.78 is 0. The minimum atomic E-state index is -1.07. The van der Waals surface area contributed by atoms with Gasteiger partial charge in [-0.3, -0.25) is 19.2 Å². The number of benzene rings is 1. The highest BCUT2D eigenvalue weighted by Crippen LogP contribution is 2.33. The molecule has 2 saturated heterocycles. The number of Topliss-reactive ketones (excluding diaryl/α,β-unsaturated/α-hetero) is 1. The minimum absolute atomic E-state index is 0.111. The van der Waals surface area contributed by atoms with Crippen LogP contribution >= 0.6 is 0 Å². The molecule has 0 saturated carbocycles. The van der Waals surface area contributed by atoms with Crippen LogP contribution in [-0.2, 0) is 32.0 Å². The molecule has 0 spiro atoms. The number of rotatable bonds is 16. The summed E-state index contributed by atoms with van der Waals surface area (Å²) in [7, 11) is 0. The Balaban J connectivity index is 1.58. The van der Waals surface area contributed by atoms with Gasteiger partial charge in [0, 0.05) is 38.6 Å². The molecule has 2 heterocycles. The number of unbranched alkanes of at least 4 members (excludes halogenated alkanes) is 1. The molecule has 284 valence electrons. The van der Waals surface area contributed by atoms with E-state index in [0.29, 0.717) is 45.3 Å². The van der Waals surface area contributed by atoms with Crippen molar-refractivity contribution in [3.05, 3.63) is 60.7 Å². The van der Waals surface area contributed by atoms with Gasteiger partial charge in [-0.15, -0.1) is 13.2 Å². The Labute approximate surface area is 307 Å². The third-order valence-electron chi connectivity index (χ3n) is 10.4. The van der Waals surface area contributed by atoms with E-state index in [-0.39, 0.29) is 31.5 Å². The maximum Gasteiger partial charge on any atom is 0.317 e. The van der Waals surface area contributed by atoms with Crippen molar-refractivity contribution < 1.29 is 28.8 Å². The van der Waals surface area contributed by atoms with Crippen LogP contribution in [0.15, 0.2) is 49.6 Å². The largest absolute Gasteiger partial charge is 0.346 e. The summed E-state index contributed by atoms with van der Waals surface area (Å²) in [5.41, 5.74) is 1.78. The number of fused-ring (bicyclic) bond motifs is 1. The van der Waals surface area contributed by atoms with Crippen LogP contribution in [0.1, 0.15) is 70.9 Å². The molecule has 5 atom stereocenters. The van der Waals surface area contributed by atoms with Crippen molar-refractivity contribution in [3.8, 4) is 0 Å². The molecule has 1 aromatic carbocycles. The molecule has 1 aromatic rings. The van der Waals surface area contributed by atoms with Crippen LogP contribution in [0.2, 0.25) is 0 Å². The maximum absolute atomic E-state index is 14.7. The van der Waals surface area contributed by atoms with Crippen LogP contribution in [0.5, 0.6) is 0 Å². The number of nitrogens with zero attached hydrogens (tertiary/aromatic N) is 2. The Morgan fingerprint density at radius 1 is 1.02 bits per heavy atom. The van der Waals surface area contributed by atoms with Crippen LogP contribution in [0.3, 0.4) is 0 Å². The summed E-state index contributed by atoms with van der Waals surface area (Å²) in [5.74, 6) is -3.21. The lowest BCUT2D eigenvalue weighted by Crippen LogP contribution is -2.62. The number of urea groups is 2. The summed E-state index contributed by atoms with van der Waals surface area (Å²) in [6.45, 7) is 17.3. The first-order chi connectivity index (χ1) is 24.8. The number of hydrogen-bond donors (Lipinski definition) is 5. The predicted molar refractivity (Wildman–Crippen MR) is 199 cm³/mol. The highest BCUT2D eigenvalue weighted by molar-refractivity contribution is 6.38. The van der Waals surface area contributed by atoms with Crippen molar-refractivity contribution in [1.29, 1.82) is 0 Å². The van der Waals surface area contributed by atoms with Crippen molar-refractivity contribution in [2.75, 3.05) is 32.7 Å². The molecule has 4 rings (SSSR count). The maximum atomic E-state index is 14.7. The van der Waals surface area contributed by atoms with Gasteiger partial charge in [-0.1, -0.05) is 77.0 Å². The molecule has 0 bridgehead atoms. The molecule has 0 radical (unpaired) electrons. The van der Waals surface area contributed by atoms with E-state index in [1.807, 2.05) is 52.0 Å². The third-order valence-corrected chi connectivity index (χ3v) is 10.4. The minimum Gasteiger partial charge on any atom is -0.346 e. The zero-order chi connectivity index (χ0) is 38.0. The Morgan fingerprint density at radius 3 is 2.31 bits per heavy atom. The van der Waals surface area contributed by atoms with Crippen LogP contribution in [-0.4, -0.2) is 102 Å². The van der Waals surface area contributed by atoms with E-state index < -0.39 is 65.0 Å². The second kappa shape index (κ2) is 18.2. The lowest BCUT2D eigenvalue weighted by molar-refractivity contribution is -0.143. The van der Waals surface area contributed by atoms with Crippen molar-refractivity contribution in [3.63, 3.8) is 0 Å². The van der Waals surface area contributed by atoms with E-state index in [0.717, 1.165) is 24.0 Å². The first-order valence-corrected chi connectivity index (χ1v) is 18.6. The van der Waals surface area contributed by atoms with E-state index >= 15 is 0 Å². The number of hydrogen-bond acceptors (Lipinski definition) is 6. The van der Waals surface area contributed by atoms with Crippen molar-refractivity contribution >= 4 is 35.6 Å². The lowest BCUT2D eigenvalue weighted by atomic mass is 9.86. The molecule has 2 aliphatic heterocycles. The van der Waals surface area contributed by atoms with Crippen LogP contribution in [0, 0.1) is 17.3 Å². The fraction of sp³-hybridized carbons (Fsp3) is 0.590. The normalized spacial score (nSPS) is 20.5. The monoisotopic (exact) mass is 719 g/mol. The molecule has 5 N–H and O–H groups in total. The Bertz CT molecular complexity index is 1480. The fourth-order valence-electron chi connectivity index (χ4n) is 7.33. The molecule has 2 fully saturated rings. The summed E-state index contributed by atoms with van der Waals surface area (Å²) in [4.78, 5) is 84.2. The van der Waals surface area contributed by atoms with Crippen LogP contribution < -0.4 is 26.6 Å². The molecule has 13 nitrogen and oxygen atoms in total. The molecule has 1 unspecified atom stereocenters.